The minimum atomic E-state index is -4.15. The van der Waals surface area contributed by atoms with E-state index in [9.17, 15) is 38.8 Å². The van der Waals surface area contributed by atoms with Gasteiger partial charge >= 0.3 is 11.4 Å². The third-order valence-corrected chi connectivity index (χ3v) is 5.56. The Hall–Kier alpha value is -4.93. The van der Waals surface area contributed by atoms with Gasteiger partial charge in [-0.05, 0) is 24.3 Å². The minimum Gasteiger partial charge on any atom is -0.478 e. The van der Waals surface area contributed by atoms with Crippen molar-refractivity contribution in [1.82, 2.24) is 9.97 Å². The molecular formula is C17H13N7O9S. The molecule has 0 aliphatic carbocycles. The standard InChI is InChI=1S/C17H13N7O9S/c1-33-17-16(18-6-7-19-17)21-34(31,32)12-4-2-10(3-5-12)20-15-13(23(27)28)8-11(22(25)26)9-14(15)24(29)30/h2-9,20H,1H3,(H,18,21). The zero-order valence-corrected chi connectivity index (χ0v) is 17.8. The fourth-order valence-corrected chi connectivity index (χ4v) is 3.72. The van der Waals surface area contributed by atoms with Crippen molar-refractivity contribution < 1.29 is 27.9 Å². The number of methoxy groups -OCH3 is 1. The first kappa shape index (κ1) is 23.7. The molecule has 0 aliphatic heterocycles. The van der Waals surface area contributed by atoms with Crippen molar-refractivity contribution in [3.05, 3.63) is 79.1 Å². The molecule has 3 aromatic rings. The lowest BCUT2D eigenvalue weighted by atomic mass is 10.2. The number of ether oxygens (including phenoxy) is 1. The summed E-state index contributed by atoms with van der Waals surface area (Å²) in [7, 11) is -2.87. The SMILES string of the molecule is COc1nccnc1NS(=O)(=O)c1ccc(Nc2c([N+](=O)[O-])cc([N+](=O)[O-])cc2[N+](=O)[O-])cc1. The molecule has 2 aromatic carbocycles. The molecule has 0 amide bonds. The Labute approximate surface area is 189 Å². The van der Waals surface area contributed by atoms with E-state index in [4.69, 9.17) is 4.74 Å². The van der Waals surface area contributed by atoms with Gasteiger partial charge in [0.15, 0.2) is 5.69 Å². The number of non-ortho nitro benzene ring substituents is 1. The van der Waals surface area contributed by atoms with E-state index in [0.29, 0.717) is 12.1 Å². The molecule has 0 saturated heterocycles. The maximum absolute atomic E-state index is 12.6. The first-order valence-corrected chi connectivity index (χ1v) is 10.4. The van der Waals surface area contributed by atoms with Gasteiger partial charge in [0.05, 0.1) is 38.9 Å². The molecule has 0 fully saturated rings. The predicted octanol–water partition coefficient (Wildman–Crippen LogP) is 2.75. The van der Waals surface area contributed by atoms with Crippen LogP contribution in [0.3, 0.4) is 0 Å². The van der Waals surface area contributed by atoms with Crippen LogP contribution in [0.25, 0.3) is 0 Å². The van der Waals surface area contributed by atoms with Crippen LogP contribution >= 0.6 is 0 Å². The van der Waals surface area contributed by atoms with Crippen LogP contribution in [-0.4, -0.2) is 40.3 Å². The second-order valence-corrected chi connectivity index (χ2v) is 7.98. The third-order valence-electron chi connectivity index (χ3n) is 4.21. The summed E-state index contributed by atoms with van der Waals surface area (Å²) in [6.07, 6.45) is 2.55. The lowest BCUT2D eigenvalue weighted by molar-refractivity contribution is -0.401. The van der Waals surface area contributed by atoms with E-state index < -0.39 is 47.5 Å². The van der Waals surface area contributed by atoms with Crippen molar-refractivity contribution in [2.45, 2.75) is 4.90 Å². The predicted molar refractivity (Wildman–Crippen MR) is 116 cm³/mol. The Balaban J connectivity index is 1.95. The average Bonchev–Trinajstić information content (AvgIpc) is 2.79. The zero-order chi connectivity index (χ0) is 25.0. The molecule has 1 heterocycles. The Kier molecular flexibility index (Phi) is 6.48. The normalized spacial score (nSPS) is 10.9. The van der Waals surface area contributed by atoms with Crippen molar-refractivity contribution in [1.29, 1.82) is 0 Å². The largest absolute Gasteiger partial charge is 0.478 e. The molecule has 34 heavy (non-hydrogen) atoms. The smallest absolute Gasteiger partial charge is 0.306 e. The van der Waals surface area contributed by atoms with E-state index in [2.05, 4.69) is 20.0 Å². The number of hydrogen-bond acceptors (Lipinski definition) is 12. The molecule has 0 atom stereocenters. The number of anilines is 3. The number of rotatable bonds is 9. The number of nitro groups is 3. The quantitative estimate of drug-likeness (QED) is 0.325. The first-order valence-electron chi connectivity index (χ1n) is 8.89. The summed E-state index contributed by atoms with van der Waals surface area (Å²) in [4.78, 5) is 38.2. The van der Waals surface area contributed by atoms with Gasteiger partial charge in [-0.2, -0.15) is 0 Å². The number of benzene rings is 2. The lowest BCUT2D eigenvalue weighted by Gasteiger charge is -2.11. The Morgan fingerprint density at radius 1 is 0.882 bits per heavy atom. The van der Waals surface area contributed by atoms with Gasteiger partial charge in [-0.3, -0.25) is 35.1 Å². The van der Waals surface area contributed by atoms with Gasteiger partial charge in [-0.15, -0.1) is 0 Å². The second kappa shape index (κ2) is 9.28. The summed E-state index contributed by atoms with van der Waals surface area (Å²) >= 11 is 0. The highest BCUT2D eigenvalue weighted by Gasteiger charge is 2.31. The van der Waals surface area contributed by atoms with Crippen molar-refractivity contribution in [2.24, 2.45) is 0 Å². The Bertz CT molecular complexity index is 1360. The van der Waals surface area contributed by atoms with E-state index >= 15 is 0 Å². The third kappa shape index (κ3) is 4.93. The number of aromatic nitrogens is 2. The molecule has 0 saturated carbocycles. The van der Waals surface area contributed by atoms with Crippen molar-refractivity contribution in [3.63, 3.8) is 0 Å². The number of hydrogen-bond donors (Lipinski definition) is 2. The molecule has 16 nitrogen and oxygen atoms in total. The first-order chi connectivity index (χ1) is 16.0. The minimum absolute atomic E-state index is 0.0380. The molecule has 17 heteroatoms. The van der Waals surface area contributed by atoms with E-state index in [1.54, 1.807) is 0 Å². The molecule has 0 aliphatic rings. The molecule has 0 unspecified atom stereocenters. The van der Waals surface area contributed by atoms with Crippen molar-refractivity contribution >= 4 is 44.3 Å². The fourth-order valence-electron chi connectivity index (χ4n) is 2.71. The summed E-state index contributed by atoms with van der Waals surface area (Å²) in [5.74, 6) is -0.230. The highest BCUT2D eigenvalue weighted by molar-refractivity contribution is 7.92. The maximum Gasteiger partial charge on any atom is 0.306 e. The van der Waals surface area contributed by atoms with Crippen LogP contribution in [0.4, 0.5) is 34.3 Å². The molecule has 0 bridgehead atoms. The Morgan fingerprint density at radius 3 is 1.94 bits per heavy atom. The van der Waals surface area contributed by atoms with E-state index in [-0.39, 0.29) is 22.3 Å². The van der Waals surface area contributed by atoms with Gasteiger partial charge < -0.3 is 10.1 Å². The highest BCUT2D eigenvalue weighted by atomic mass is 32.2. The van der Waals surface area contributed by atoms with E-state index in [0.717, 1.165) is 12.1 Å². The Morgan fingerprint density at radius 2 is 1.44 bits per heavy atom. The highest BCUT2D eigenvalue weighted by Crippen LogP contribution is 2.40. The lowest BCUT2D eigenvalue weighted by Crippen LogP contribution is -2.15. The molecule has 0 radical (unpaired) electrons. The van der Waals surface area contributed by atoms with Crippen LogP contribution in [0, 0.1) is 30.3 Å². The van der Waals surface area contributed by atoms with E-state index in [1.807, 2.05) is 0 Å². The zero-order valence-electron chi connectivity index (χ0n) is 16.9. The van der Waals surface area contributed by atoms with Crippen LogP contribution in [-0.2, 0) is 10.0 Å². The van der Waals surface area contributed by atoms with Gasteiger partial charge in [-0.25, -0.2) is 18.4 Å². The van der Waals surface area contributed by atoms with Gasteiger partial charge in [0.25, 0.3) is 21.6 Å². The van der Waals surface area contributed by atoms with Crippen LogP contribution in [0.5, 0.6) is 5.88 Å². The fraction of sp³-hybridized carbons (Fsp3) is 0.0588. The summed E-state index contributed by atoms with van der Waals surface area (Å²) in [6, 6.07) is 5.78. The molecule has 3 rings (SSSR count). The second-order valence-electron chi connectivity index (χ2n) is 6.30. The van der Waals surface area contributed by atoms with Crippen LogP contribution in [0.2, 0.25) is 0 Å². The summed E-state index contributed by atoms with van der Waals surface area (Å²) < 4.78 is 32.4. The van der Waals surface area contributed by atoms with E-state index in [1.165, 1.54) is 31.6 Å². The van der Waals surface area contributed by atoms with Crippen LogP contribution in [0.1, 0.15) is 0 Å². The number of nitrogens with zero attached hydrogens (tertiary/aromatic N) is 5. The van der Waals surface area contributed by atoms with Gasteiger partial charge in [0, 0.05) is 18.1 Å². The summed E-state index contributed by atoms with van der Waals surface area (Å²) in [5.41, 5.74) is -3.23. The monoisotopic (exact) mass is 491 g/mol. The summed E-state index contributed by atoms with van der Waals surface area (Å²) in [5, 5.41) is 36.2. The van der Waals surface area contributed by atoms with Crippen LogP contribution in [0.15, 0.2) is 53.7 Å². The number of nitro benzene ring substituents is 3. The number of nitrogens with one attached hydrogen (secondary N) is 2. The van der Waals surface area contributed by atoms with Gasteiger partial charge in [0.1, 0.15) is 0 Å². The average molecular weight is 491 g/mol. The van der Waals surface area contributed by atoms with Gasteiger partial charge in [-0.1, -0.05) is 0 Å². The van der Waals surface area contributed by atoms with Crippen LogP contribution < -0.4 is 14.8 Å². The van der Waals surface area contributed by atoms with Crippen molar-refractivity contribution in [2.75, 3.05) is 17.1 Å². The molecule has 176 valence electrons. The molecular weight excluding hydrogens is 478 g/mol. The number of sulfonamides is 1. The maximum atomic E-state index is 12.6. The molecule has 0 spiro atoms. The summed E-state index contributed by atoms with van der Waals surface area (Å²) in [6.45, 7) is 0. The topological polar surface area (TPSA) is 223 Å². The molecule has 2 N–H and O–H groups in total. The molecule has 1 aromatic heterocycles. The van der Waals surface area contributed by atoms with Crippen molar-refractivity contribution in [3.8, 4) is 5.88 Å². The van der Waals surface area contributed by atoms with Gasteiger partial charge in [0.2, 0.25) is 5.82 Å².